The first-order valence-corrected chi connectivity index (χ1v) is 25.6. The number of carbonyl (C=O) groups excluding carboxylic acids is 7. The molecule has 6 N–H and O–H groups in total. The minimum absolute atomic E-state index is 0.00895. The minimum atomic E-state index is -5.08. The smallest absolute Gasteiger partial charge is 0.475 e. The van der Waals surface area contributed by atoms with Gasteiger partial charge in [-0.25, -0.2) is 18.4 Å². The van der Waals surface area contributed by atoms with Crippen LogP contribution >= 0.6 is 23.2 Å². The summed E-state index contributed by atoms with van der Waals surface area (Å²) in [5.74, 6) is -5.56. The highest BCUT2D eigenvalue weighted by atomic mass is 35.5. The van der Waals surface area contributed by atoms with Crippen molar-refractivity contribution in [3.8, 4) is 0 Å². The molecule has 80 heavy (non-hydrogen) atoms. The summed E-state index contributed by atoms with van der Waals surface area (Å²) in [6.07, 6.45) is 0.733. The zero-order valence-electron chi connectivity index (χ0n) is 43.9. The predicted octanol–water partition coefficient (Wildman–Crippen LogP) is 9.45. The van der Waals surface area contributed by atoms with Crippen molar-refractivity contribution in [1.82, 2.24) is 29.6 Å². The first-order valence-electron chi connectivity index (χ1n) is 24.8. The number of ether oxygens (including phenoxy) is 1. The molecule has 2 fully saturated rings. The number of Topliss-reactive ketones (excluding diaryl/α,β-unsaturated/α-hetero) is 2. The summed E-state index contributed by atoms with van der Waals surface area (Å²) in [7, 11) is 0. The Hall–Kier alpha value is -8.05. The van der Waals surface area contributed by atoms with Gasteiger partial charge in [0.15, 0.2) is 11.6 Å². The van der Waals surface area contributed by atoms with Crippen molar-refractivity contribution in [2.75, 3.05) is 24.1 Å². The summed E-state index contributed by atoms with van der Waals surface area (Å²) >= 11 is 11.6. The van der Waals surface area contributed by atoms with Gasteiger partial charge in [-0.15, -0.1) is 0 Å². The number of anilines is 2. The SMILES string of the molecule is CC(=O)c1cn(CC(=O)N(CC(=O)NCc2cccc(Cl)c2F)C2CC2)c2cc(N)ccc12.CC(=O)c1cn(CC(=O)N(CC(=O)NCc2cccc(Cl)c2F)C2CC2)c2cc(NC(=O)OC(C)(C)C)ccc12.O=C(O)C(F)(F)F. The largest absolute Gasteiger partial charge is 0.490 e. The molecule has 0 atom stereocenters. The number of nitrogens with one attached hydrogen (secondary N) is 3. The van der Waals surface area contributed by atoms with E-state index in [1.165, 1.54) is 41.8 Å². The van der Waals surface area contributed by atoms with Crippen LogP contribution in [0.5, 0.6) is 0 Å². The molecule has 25 heteroatoms. The van der Waals surface area contributed by atoms with Crippen molar-refractivity contribution >= 4 is 104 Å². The summed E-state index contributed by atoms with van der Waals surface area (Å²) in [6, 6.07) is 19.3. The molecule has 2 aliphatic rings. The number of nitrogens with two attached hydrogens (primary N) is 1. The van der Waals surface area contributed by atoms with E-state index >= 15 is 0 Å². The molecule has 2 saturated carbocycles. The number of aliphatic carboxylic acids is 1. The summed E-state index contributed by atoms with van der Waals surface area (Å²) in [6.45, 7) is 7.64. The van der Waals surface area contributed by atoms with Gasteiger partial charge in [0, 0.05) is 82.0 Å². The Bertz CT molecular complexity index is 3370. The van der Waals surface area contributed by atoms with E-state index in [2.05, 4.69) is 16.0 Å². The number of benzene rings is 4. The fourth-order valence-corrected chi connectivity index (χ4v) is 8.58. The molecule has 18 nitrogen and oxygen atoms in total. The second-order valence-corrected chi connectivity index (χ2v) is 20.7. The topological polar surface area (TPSA) is 244 Å². The Morgan fingerprint density at radius 3 is 1.48 bits per heavy atom. The Morgan fingerprint density at radius 1 is 0.675 bits per heavy atom. The van der Waals surface area contributed by atoms with Crippen molar-refractivity contribution in [1.29, 1.82) is 0 Å². The van der Waals surface area contributed by atoms with Crippen LogP contribution in [-0.2, 0) is 54.9 Å². The fraction of sp³-hybridized carbons (Fsp3) is 0.345. The summed E-state index contributed by atoms with van der Waals surface area (Å²) in [5.41, 5.74) is 8.92. The third kappa shape index (κ3) is 16.7. The Kier molecular flexibility index (Phi) is 19.7. The minimum Gasteiger partial charge on any atom is -0.475 e. The standard InChI is InChI=1S/C29H32ClFN4O5.C24H24ClFN4O3.C2HF3O2/c1-17(36)22-14-34(24-12-19(8-11-21(22)24)33-28(39)40-29(2,3)4)16-26(38)35(20-9-10-20)15-25(37)32-13-18-6-5-7-23(30)27(18)31;1-14(31)19-11-29(21-9-16(27)5-8-18(19)21)13-23(33)30(17-6-7-17)12-22(32)28-10-15-3-2-4-20(25)24(15)26;3-2(4,5)1(6)7/h5-8,11-12,14,20H,9-10,13,15-16H2,1-4H3,(H,32,37)(H,33,39);2-5,8-9,11,17H,6-7,10,12-13,27H2,1H3,(H,28,32);(H,6,7). The maximum Gasteiger partial charge on any atom is 0.490 e. The van der Waals surface area contributed by atoms with Crippen LogP contribution in [0.1, 0.15) is 92.1 Å². The van der Waals surface area contributed by atoms with E-state index < -0.39 is 41.4 Å². The zero-order chi connectivity index (χ0) is 59.0. The highest BCUT2D eigenvalue weighted by molar-refractivity contribution is 6.31. The molecule has 0 spiro atoms. The molecule has 426 valence electrons. The lowest BCUT2D eigenvalue weighted by molar-refractivity contribution is -0.192. The van der Waals surface area contributed by atoms with Crippen LogP contribution in [0.3, 0.4) is 0 Å². The van der Waals surface area contributed by atoms with Gasteiger partial charge in [0.25, 0.3) is 0 Å². The van der Waals surface area contributed by atoms with Crippen molar-refractivity contribution in [2.45, 2.75) is 110 Å². The lowest BCUT2D eigenvalue weighted by Gasteiger charge is -2.22. The normalized spacial score (nSPS) is 13.0. The van der Waals surface area contributed by atoms with Gasteiger partial charge in [-0.1, -0.05) is 59.6 Å². The Labute approximate surface area is 465 Å². The number of ketones is 2. The third-order valence-electron chi connectivity index (χ3n) is 12.3. The number of rotatable bonds is 17. The molecule has 2 aromatic heterocycles. The first-order chi connectivity index (χ1) is 37.5. The maximum atomic E-state index is 14.2. The number of amides is 5. The number of alkyl halides is 3. The molecule has 0 aliphatic heterocycles. The van der Waals surface area contributed by atoms with Gasteiger partial charge < -0.3 is 45.1 Å². The lowest BCUT2D eigenvalue weighted by Crippen LogP contribution is -2.43. The van der Waals surface area contributed by atoms with Crippen LogP contribution in [0.4, 0.5) is 38.1 Å². The van der Waals surface area contributed by atoms with Gasteiger partial charge in [-0.2, -0.15) is 13.2 Å². The van der Waals surface area contributed by atoms with E-state index in [1.807, 2.05) is 0 Å². The predicted molar refractivity (Wildman–Crippen MR) is 288 cm³/mol. The molecular formula is C55H57Cl2F5N8O10. The molecule has 0 unspecified atom stereocenters. The molecular weight excluding hydrogens is 1100 g/mol. The second-order valence-electron chi connectivity index (χ2n) is 19.9. The average molecular weight is 1160 g/mol. The van der Waals surface area contributed by atoms with E-state index in [0.717, 1.165) is 31.1 Å². The highest BCUT2D eigenvalue weighted by Gasteiger charge is 2.38. The number of hydrogen-bond acceptors (Lipinski definition) is 10. The number of nitrogen functional groups attached to an aromatic ring is 1. The summed E-state index contributed by atoms with van der Waals surface area (Å²) in [5, 5.41) is 16.4. The quantitative estimate of drug-likeness (QED) is 0.0327. The molecule has 0 saturated heterocycles. The van der Waals surface area contributed by atoms with Gasteiger partial charge in [-0.3, -0.25) is 34.1 Å². The average Bonchev–Trinajstić information content (AvgIpc) is 4.32. The summed E-state index contributed by atoms with van der Waals surface area (Å²) < 4.78 is 68.6. The molecule has 4 aromatic carbocycles. The number of aromatic nitrogens is 2. The van der Waals surface area contributed by atoms with Gasteiger partial charge in [0.1, 0.15) is 30.3 Å². The van der Waals surface area contributed by atoms with Crippen molar-refractivity contribution in [2.24, 2.45) is 0 Å². The van der Waals surface area contributed by atoms with Gasteiger partial charge >= 0.3 is 18.2 Å². The fourth-order valence-electron chi connectivity index (χ4n) is 8.19. The van der Waals surface area contributed by atoms with Crippen molar-refractivity contribution < 1.29 is 70.2 Å². The van der Waals surface area contributed by atoms with E-state index in [-0.39, 0.29) is 102 Å². The van der Waals surface area contributed by atoms with Crippen LogP contribution in [-0.4, -0.2) is 108 Å². The molecule has 0 bridgehead atoms. The van der Waals surface area contributed by atoms with Gasteiger partial charge in [0.2, 0.25) is 23.6 Å². The monoisotopic (exact) mass is 1150 g/mol. The Morgan fingerprint density at radius 2 is 1.09 bits per heavy atom. The summed E-state index contributed by atoms with van der Waals surface area (Å²) in [4.78, 5) is 100. The maximum absolute atomic E-state index is 14.2. The third-order valence-corrected chi connectivity index (χ3v) is 12.9. The van der Waals surface area contributed by atoms with Crippen molar-refractivity contribution in [3.05, 3.63) is 129 Å². The van der Waals surface area contributed by atoms with E-state index in [0.29, 0.717) is 38.9 Å². The van der Waals surface area contributed by atoms with E-state index in [9.17, 15) is 55.5 Å². The van der Waals surface area contributed by atoms with Crippen LogP contribution in [0.2, 0.25) is 10.0 Å². The lowest BCUT2D eigenvalue weighted by atomic mass is 10.1. The molecule has 8 rings (SSSR count). The zero-order valence-corrected chi connectivity index (χ0v) is 45.5. The number of carboxylic acid groups (broad SMARTS) is 1. The number of carbonyl (C=O) groups is 8. The van der Waals surface area contributed by atoms with Crippen LogP contribution in [0.25, 0.3) is 21.8 Å². The van der Waals surface area contributed by atoms with Gasteiger partial charge in [0.05, 0.1) is 34.2 Å². The van der Waals surface area contributed by atoms with Crippen LogP contribution < -0.4 is 21.7 Å². The molecule has 5 amide bonds. The second kappa shape index (κ2) is 25.8. The molecule has 6 aromatic rings. The molecule has 2 aliphatic carbocycles. The molecule has 2 heterocycles. The van der Waals surface area contributed by atoms with Crippen LogP contribution in [0.15, 0.2) is 85.2 Å². The number of hydrogen-bond donors (Lipinski definition) is 5. The van der Waals surface area contributed by atoms with Crippen LogP contribution in [0, 0.1) is 11.6 Å². The highest BCUT2D eigenvalue weighted by Crippen LogP contribution is 2.31. The van der Waals surface area contributed by atoms with E-state index in [4.69, 9.17) is 43.6 Å². The number of nitrogens with zero attached hydrogens (tertiary/aromatic N) is 4. The molecule has 0 radical (unpaired) electrons. The van der Waals surface area contributed by atoms with E-state index in [1.54, 1.807) is 96.9 Å². The first kappa shape index (κ1) is 61.2. The number of carboxylic acids is 1. The number of halogens is 7. The van der Waals surface area contributed by atoms with Crippen molar-refractivity contribution in [3.63, 3.8) is 0 Å². The Balaban J connectivity index is 0.000000234. The van der Waals surface area contributed by atoms with Gasteiger partial charge in [-0.05, 0) is 96.7 Å². The number of fused-ring (bicyclic) bond motifs is 2.